The molecule has 3 N–H and O–H groups in total. The zero-order chi connectivity index (χ0) is 18.8. The molecule has 26 heavy (non-hydrogen) atoms. The summed E-state index contributed by atoms with van der Waals surface area (Å²) in [5.74, 6) is 0.140. The molecule has 2 fully saturated rings. The van der Waals surface area contributed by atoms with Gasteiger partial charge in [0.05, 0.1) is 39.4 Å². The molecule has 1 aromatic rings. The second-order valence-electron chi connectivity index (χ2n) is 6.73. The molecule has 0 spiro atoms. The minimum absolute atomic E-state index is 0.135. The second kappa shape index (κ2) is 7.33. The van der Waals surface area contributed by atoms with E-state index in [1.165, 1.54) is 19.1 Å². The Balaban J connectivity index is 1.79. The van der Waals surface area contributed by atoms with Gasteiger partial charge in [0, 0.05) is 37.0 Å². The first kappa shape index (κ1) is 18.2. The highest BCUT2D eigenvalue weighted by Crippen LogP contribution is 2.31. The zero-order valence-electron chi connectivity index (χ0n) is 15.0. The number of carbonyl (C=O) groups is 3. The van der Waals surface area contributed by atoms with Crippen molar-refractivity contribution in [1.82, 2.24) is 0 Å². The lowest BCUT2D eigenvalue weighted by molar-refractivity contribution is -0.920. The molecule has 2 saturated heterocycles. The van der Waals surface area contributed by atoms with Crippen LogP contribution in [-0.4, -0.2) is 51.1 Å². The number of nitrogens with one attached hydrogen (secondary N) is 1. The van der Waals surface area contributed by atoms with Crippen LogP contribution in [0.3, 0.4) is 0 Å². The number of nitrogens with zero attached hydrogens (tertiary/aromatic N) is 1. The number of nitrogens with two attached hydrogens (primary N) is 1. The van der Waals surface area contributed by atoms with Crippen LogP contribution < -0.4 is 25.0 Å². The Morgan fingerprint density at radius 2 is 1.69 bits per heavy atom. The van der Waals surface area contributed by atoms with E-state index in [9.17, 15) is 14.4 Å². The first-order valence-electron chi connectivity index (χ1n) is 8.68. The van der Waals surface area contributed by atoms with Crippen LogP contribution in [0.2, 0.25) is 0 Å². The lowest BCUT2D eigenvalue weighted by atomic mass is 9.95. The molecule has 0 radical (unpaired) electrons. The molecule has 3 amide bonds. The number of rotatable bonds is 5. The smallest absolute Gasteiger partial charge is 0.292 e. The maximum absolute atomic E-state index is 12.9. The fraction of sp³-hybridized carbons (Fsp3) is 0.500. The zero-order valence-corrected chi connectivity index (χ0v) is 15.0. The largest absolute Gasteiger partial charge is 0.497 e. The van der Waals surface area contributed by atoms with E-state index in [0.29, 0.717) is 43.1 Å². The molecule has 0 aliphatic carbocycles. The summed E-state index contributed by atoms with van der Waals surface area (Å²) in [4.78, 5) is 39.1. The molecule has 0 unspecified atom stereocenters. The molecule has 2 heterocycles. The molecular weight excluding hydrogens is 338 g/mol. The van der Waals surface area contributed by atoms with Crippen LogP contribution in [0.4, 0.5) is 5.69 Å². The van der Waals surface area contributed by atoms with Gasteiger partial charge in [0.1, 0.15) is 11.5 Å². The van der Waals surface area contributed by atoms with E-state index in [-0.39, 0.29) is 30.1 Å². The van der Waals surface area contributed by atoms with E-state index >= 15 is 0 Å². The number of hydrogen-bond donors (Lipinski definition) is 2. The summed E-state index contributed by atoms with van der Waals surface area (Å²) in [6, 6.07) is 4.56. The van der Waals surface area contributed by atoms with Crippen molar-refractivity contribution in [2.75, 3.05) is 32.2 Å². The highest BCUT2D eigenvalue weighted by atomic mass is 16.5. The van der Waals surface area contributed by atoms with E-state index in [4.69, 9.17) is 15.2 Å². The van der Waals surface area contributed by atoms with Gasteiger partial charge >= 0.3 is 0 Å². The first-order chi connectivity index (χ1) is 12.4. The van der Waals surface area contributed by atoms with Crippen LogP contribution in [-0.2, 0) is 14.4 Å². The van der Waals surface area contributed by atoms with Crippen LogP contribution in [0, 0.1) is 5.92 Å². The van der Waals surface area contributed by atoms with E-state index in [1.54, 1.807) is 18.2 Å². The molecule has 0 saturated carbocycles. The molecule has 140 valence electrons. The van der Waals surface area contributed by atoms with Crippen molar-refractivity contribution < 1.29 is 28.8 Å². The summed E-state index contributed by atoms with van der Waals surface area (Å²) in [6.45, 7) is 1.32. The maximum Gasteiger partial charge on any atom is 0.292 e. The van der Waals surface area contributed by atoms with Gasteiger partial charge < -0.3 is 20.1 Å². The Labute approximate surface area is 151 Å². The summed E-state index contributed by atoms with van der Waals surface area (Å²) in [5.41, 5.74) is 5.82. The average molecular weight is 362 g/mol. The predicted octanol–water partition coefficient (Wildman–Crippen LogP) is -0.884. The molecule has 0 bridgehead atoms. The first-order valence-corrected chi connectivity index (χ1v) is 8.68. The average Bonchev–Trinajstić information content (AvgIpc) is 2.95. The van der Waals surface area contributed by atoms with Crippen molar-refractivity contribution in [2.24, 2.45) is 11.7 Å². The molecule has 8 heteroatoms. The number of ether oxygens (including phenoxy) is 2. The number of methoxy groups -OCH3 is 2. The molecule has 2 aliphatic rings. The third-order valence-electron chi connectivity index (χ3n) is 5.26. The molecule has 3 rings (SSSR count). The van der Waals surface area contributed by atoms with Gasteiger partial charge in [0.25, 0.3) is 5.91 Å². The summed E-state index contributed by atoms with van der Waals surface area (Å²) < 4.78 is 10.5. The van der Waals surface area contributed by atoms with Gasteiger partial charge in [-0.15, -0.1) is 0 Å². The fourth-order valence-electron chi connectivity index (χ4n) is 3.77. The quantitative estimate of drug-likeness (QED) is 0.662. The van der Waals surface area contributed by atoms with Crippen molar-refractivity contribution in [3.05, 3.63) is 18.2 Å². The molecule has 1 atom stereocenters. The number of anilines is 1. The van der Waals surface area contributed by atoms with E-state index in [0.717, 1.165) is 4.90 Å². The van der Waals surface area contributed by atoms with Crippen LogP contribution >= 0.6 is 0 Å². The van der Waals surface area contributed by atoms with Crippen molar-refractivity contribution in [3.63, 3.8) is 0 Å². The molecular formula is C18H24N3O5+. The summed E-state index contributed by atoms with van der Waals surface area (Å²) in [7, 11) is 3.03. The number of imide groups is 1. The highest BCUT2D eigenvalue weighted by molar-refractivity contribution is 6.22. The van der Waals surface area contributed by atoms with Crippen LogP contribution in [0.15, 0.2) is 18.2 Å². The van der Waals surface area contributed by atoms with Gasteiger partial charge in [-0.25, -0.2) is 4.90 Å². The number of piperidine rings is 1. The summed E-state index contributed by atoms with van der Waals surface area (Å²) in [6.07, 6.45) is 1.46. The molecule has 2 aliphatic heterocycles. The lowest BCUT2D eigenvalue weighted by Gasteiger charge is -2.30. The van der Waals surface area contributed by atoms with Crippen LogP contribution in [0.1, 0.15) is 19.3 Å². The van der Waals surface area contributed by atoms with Crippen molar-refractivity contribution in [2.45, 2.75) is 25.3 Å². The number of hydrogen-bond acceptors (Lipinski definition) is 5. The van der Waals surface area contributed by atoms with Crippen molar-refractivity contribution in [3.8, 4) is 11.5 Å². The van der Waals surface area contributed by atoms with Gasteiger partial charge in [0.2, 0.25) is 11.8 Å². The van der Waals surface area contributed by atoms with Crippen molar-refractivity contribution in [1.29, 1.82) is 0 Å². The van der Waals surface area contributed by atoms with Gasteiger partial charge in [-0.2, -0.15) is 0 Å². The van der Waals surface area contributed by atoms with E-state index in [1.807, 2.05) is 0 Å². The Kier molecular flexibility index (Phi) is 5.13. The Morgan fingerprint density at radius 3 is 2.19 bits per heavy atom. The number of likely N-dealkylation sites (tertiary alicyclic amines) is 1. The number of amides is 3. The third-order valence-corrected chi connectivity index (χ3v) is 5.26. The molecule has 8 nitrogen and oxygen atoms in total. The third kappa shape index (κ3) is 3.37. The van der Waals surface area contributed by atoms with Crippen molar-refractivity contribution >= 4 is 23.4 Å². The number of primary amides is 1. The maximum atomic E-state index is 12.9. The van der Waals surface area contributed by atoms with Gasteiger partial charge in [0.15, 0.2) is 6.04 Å². The number of quaternary nitrogens is 1. The SMILES string of the molecule is COc1cc(OC)cc(N2C(=O)C[C@@H]([NH+]3CCC(C(N)=O)CC3)C2=O)c1. The highest BCUT2D eigenvalue weighted by Gasteiger charge is 2.47. The van der Waals surface area contributed by atoms with E-state index < -0.39 is 6.04 Å². The lowest BCUT2D eigenvalue weighted by Crippen LogP contribution is -3.17. The Hall–Kier alpha value is -2.61. The van der Waals surface area contributed by atoms with Gasteiger partial charge in [-0.1, -0.05) is 0 Å². The molecule has 1 aromatic carbocycles. The van der Waals surface area contributed by atoms with Gasteiger partial charge in [-0.3, -0.25) is 14.4 Å². The Morgan fingerprint density at radius 1 is 1.12 bits per heavy atom. The van der Waals surface area contributed by atoms with E-state index in [2.05, 4.69) is 0 Å². The number of carbonyl (C=O) groups excluding carboxylic acids is 3. The summed E-state index contributed by atoms with van der Waals surface area (Å²) >= 11 is 0. The predicted molar refractivity (Wildman–Crippen MR) is 93.1 cm³/mol. The Bertz CT molecular complexity index is 705. The second-order valence-corrected chi connectivity index (χ2v) is 6.73. The normalized spacial score (nSPS) is 26.1. The summed E-state index contributed by atoms with van der Waals surface area (Å²) in [5, 5.41) is 0. The topological polar surface area (TPSA) is 103 Å². The van der Waals surface area contributed by atoms with Crippen LogP contribution in [0.25, 0.3) is 0 Å². The minimum Gasteiger partial charge on any atom is -0.497 e. The monoisotopic (exact) mass is 362 g/mol. The minimum atomic E-state index is -0.423. The number of benzene rings is 1. The van der Waals surface area contributed by atoms with Gasteiger partial charge in [-0.05, 0) is 0 Å². The standard InChI is InChI=1S/C18H23N3O5/c1-25-13-7-12(8-14(9-13)26-2)21-16(22)10-15(18(21)24)20-5-3-11(4-6-20)17(19)23/h7-9,11,15H,3-6,10H2,1-2H3,(H2,19,23)/p+1/t15-/m1/s1. The molecule has 0 aromatic heterocycles. The van der Waals surface area contributed by atoms with Crippen LogP contribution in [0.5, 0.6) is 11.5 Å². The fourth-order valence-corrected chi connectivity index (χ4v) is 3.77.